The quantitative estimate of drug-likeness (QED) is 0.743. The van der Waals surface area contributed by atoms with Gasteiger partial charge in [0, 0.05) is 19.7 Å². The van der Waals surface area contributed by atoms with E-state index in [-0.39, 0.29) is 12.6 Å². The summed E-state index contributed by atoms with van der Waals surface area (Å²) in [6, 6.07) is 21.3. The summed E-state index contributed by atoms with van der Waals surface area (Å²) < 4.78 is 0. The van der Waals surface area contributed by atoms with Crippen LogP contribution in [-0.2, 0) is 0 Å². The van der Waals surface area contributed by atoms with E-state index in [2.05, 4.69) is 66.9 Å². The van der Waals surface area contributed by atoms with Crippen LogP contribution in [0.5, 0.6) is 0 Å². The van der Waals surface area contributed by atoms with Gasteiger partial charge in [-0.3, -0.25) is 4.90 Å². The smallest absolute Gasteiger partial charge is 0.0604 e. The molecule has 0 aliphatic carbocycles. The summed E-state index contributed by atoms with van der Waals surface area (Å²) in [5, 5.41) is 9.22. The van der Waals surface area contributed by atoms with Crippen LogP contribution < -0.4 is 0 Å². The monoisotopic (exact) mass is 295 g/mol. The number of hydrogen-bond donors (Lipinski definition) is 1. The summed E-state index contributed by atoms with van der Waals surface area (Å²) in [7, 11) is 0. The van der Waals surface area contributed by atoms with E-state index in [4.69, 9.17) is 0 Å². The van der Waals surface area contributed by atoms with Crippen molar-refractivity contribution in [1.82, 2.24) is 4.90 Å². The first-order valence-electron chi connectivity index (χ1n) is 7.81. The van der Waals surface area contributed by atoms with Crippen molar-refractivity contribution in [2.75, 3.05) is 19.7 Å². The summed E-state index contributed by atoms with van der Waals surface area (Å²) >= 11 is 0. The third-order valence-corrected chi connectivity index (χ3v) is 3.67. The highest BCUT2D eigenvalue weighted by molar-refractivity contribution is 5.32. The molecule has 116 valence electrons. The summed E-state index contributed by atoms with van der Waals surface area (Å²) in [5.41, 5.74) is 3.68. The highest BCUT2D eigenvalue weighted by Gasteiger charge is 2.21. The molecule has 2 aromatic carbocycles. The maximum absolute atomic E-state index is 9.22. The molecule has 2 nitrogen and oxygen atoms in total. The van der Waals surface area contributed by atoms with Crippen molar-refractivity contribution in [2.45, 2.75) is 19.4 Å². The normalized spacial score (nSPS) is 11.1. The van der Waals surface area contributed by atoms with Crippen LogP contribution in [0.15, 0.2) is 72.8 Å². The van der Waals surface area contributed by atoms with Crippen LogP contribution in [-0.4, -0.2) is 29.7 Å². The maximum Gasteiger partial charge on any atom is 0.0604 e. The molecule has 0 amide bonds. The van der Waals surface area contributed by atoms with Crippen LogP contribution in [0.1, 0.15) is 30.5 Å². The maximum atomic E-state index is 9.22. The van der Waals surface area contributed by atoms with Gasteiger partial charge < -0.3 is 5.11 Å². The van der Waals surface area contributed by atoms with Gasteiger partial charge in [-0.25, -0.2) is 0 Å². The summed E-state index contributed by atoms with van der Waals surface area (Å²) in [6.45, 7) is 8.01. The number of aliphatic hydroxyl groups excluding tert-OH is 1. The minimum Gasteiger partial charge on any atom is -0.396 e. The van der Waals surface area contributed by atoms with Crippen molar-refractivity contribution >= 4 is 0 Å². The Balaban J connectivity index is 2.38. The molecule has 0 aromatic heterocycles. The third-order valence-electron chi connectivity index (χ3n) is 3.67. The van der Waals surface area contributed by atoms with Crippen molar-refractivity contribution in [1.29, 1.82) is 0 Å². The van der Waals surface area contributed by atoms with Gasteiger partial charge in [-0.2, -0.15) is 0 Å². The zero-order chi connectivity index (χ0) is 15.8. The Bertz CT molecular complexity index is 525. The number of rotatable bonds is 8. The van der Waals surface area contributed by atoms with Gasteiger partial charge in [0.2, 0.25) is 0 Å². The fraction of sp³-hybridized carbons (Fsp3) is 0.300. The Morgan fingerprint density at radius 3 is 1.91 bits per heavy atom. The fourth-order valence-corrected chi connectivity index (χ4v) is 2.80. The van der Waals surface area contributed by atoms with E-state index in [1.54, 1.807) is 0 Å². The van der Waals surface area contributed by atoms with E-state index in [9.17, 15) is 5.11 Å². The van der Waals surface area contributed by atoms with Crippen LogP contribution in [0.4, 0.5) is 0 Å². The molecule has 0 saturated carbocycles. The molecule has 0 bridgehead atoms. The largest absolute Gasteiger partial charge is 0.396 e. The van der Waals surface area contributed by atoms with E-state index in [0.29, 0.717) is 0 Å². The number of nitrogens with zero attached hydrogens (tertiary/aromatic N) is 1. The lowest BCUT2D eigenvalue weighted by Crippen LogP contribution is -2.32. The summed E-state index contributed by atoms with van der Waals surface area (Å²) in [4.78, 5) is 2.39. The molecule has 0 aliphatic heterocycles. The molecule has 0 saturated heterocycles. The molecule has 22 heavy (non-hydrogen) atoms. The average molecular weight is 295 g/mol. The number of hydrogen-bond acceptors (Lipinski definition) is 2. The molecule has 0 heterocycles. The second-order valence-electron chi connectivity index (χ2n) is 5.73. The fourth-order valence-electron chi connectivity index (χ4n) is 2.80. The molecular formula is C20H25NO. The molecule has 0 aliphatic rings. The van der Waals surface area contributed by atoms with E-state index in [1.807, 2.05) is 12.1 Å². The first-order chi connectivity index (χ1) is 10.7. The van der Waals surface area contributed by atoms with E-state index < -0.39 is 0 Å². The van der Waals surface area contributed by atoms with Crippen LogP contribution in [0.25, 0.3) is 0 Å². The third kappa shape index (κ3) is 4.55. The molecule has 1 N–H and O–H groups in total. The molecule has 2 heteroatoms. The minimum absolute atomic E-state index is 0.186. The van der Waals surface area contributed by atoms with Gasteiger partial charge in [0.15, 0.2) is 0 Å². The van der Waals surface area contributed by atoms with Gasteiger partial charge in [0.1, 0.15) is 0 Å². The Kier molecular flexibility index (Phi) is 6.38. The predicted octanol–water partition coefficient (Wildman–Crippen LogP) is 4.04. The summed E-state index contributed by atoms with van der Waals surface area (Å²) in [6.07, 6.45) is 0.767. The van der Waals surface area contributed by atoms with Crippen LogP contribution >= 0.6 is 0 Å². The molecule has 0 atom stereocenters. The molecule has 2 rings (SSSR count). The van der Waals surface area contributed by atoms with Gasteiger partial charge in [0.05, 0.1) is 6.04 Å². The standard InChI is InChI=1S/C20H25NO/c1-17(2)16-21(14-9-15-22)20(18-10-5-3-6-11-18)19-12-7-4-8-13-19/h3-8,10-13,20,22H,1,9,14-16H2,2H3. The SMILES string of the molecule is C=C(C)CN(CCCO)C(c1ccccc1)c1ccccc1. The van der Waals surface area contributed by atoms with Gasteiger partial charge in [-0.1, -0.05) is 72.8 Å². The molecule has 0 fully saturated rings. The van der Waals surface area contributed by atoms with Crippen molar-refractivity contribution in [2.24, 2.45) is 0 Å². The van der Waals surface area contributed by atoms with E-state index in [0.717, 1.165) is 25.1 Å². The molecule has 0 spiro atoms. The minimum atomic E-state index is 0.186. The van der Waals surface area contributed by atoms with Crippen LogP contribution in [0.2, 0.25) is 0 Å². The van der Waals surface area contributed by atoms with E-state index >= 15 is 0 Å². The molecular weight excluding hydrogens is 270 g/mol. The number of aliphatic hydroxyl groups is 1. The van der Waals surface area contributed by atoms with Crippen molar-refractivity contribution in [3.63, 3.8) is 0 Å². The Hall–Kier alpha value is -1.90. The highest BCUT2D eigenvalue weighted by Crippen LogP contribution is 2.29. The number of benzene rings is 2. The van der Waals surface area contributed by atoms with Gasteiger partial charge in [-0.05, 0) is 24.5 Å². The summed E-state index contributed by atoms with van der Waals surface area (Å²) in [5.74, 6) is 0. The Morgan fingerprint density at radius 1 is 1.00 bits per heavy atom. The average Bonchev–Trinajstić information content (AvgIpc) is 2.54. The van der Waals surface area contributed by atoms with Gasteiger partial charge >= 0.3 is 0 Å². The van der Waals surface area contributed by atoms with E-state index in [1.165, 1.54) is 11.1 Å². The molecule has 0 radical (unpaired) electrons. The lowest BCUT2D eigenvalue weighted by atomic mass is 9.96. The lowest BCUT2D eigenvalue weighted by molar-refractivity contribution is 0.206. The highest BCUT2D eigenvalue weighted by atomic mass is 16.3. The Labute approximate surface area is 133 Å². The predicted molar refractivity (Wildman–Crippen MR) is 92.8 cm³/mol. The zero-order valence-electron chi connectivity index (χ0n) is 13.3. The van der Waals surface area contributed by atoms with Gasteiger partial charge in [-0.15, -0.1) is 0 Å². The van der Waals surface area contributed by atoms with Crippen molar-refractivity contribution < 1.29 is 5.11 Å². The topological polar surface area (TPSA) is 23.5 Å². The zero-order valence-corrected chi connectivity index (χ0v) is 13.3. The van der Waals surface area contributed by atoms with Crippen LogP contribution in [0.3, 0.4) is 0 Å². The first-order valence-corrected chi connectivity index (χ1v) is 7.81. The van der Waals surface area contributed by atoms with Crippen LogP contribution in [0, 0.1) is 0 Å². The lowest BCUT2D eigenvalue weighted by Gasteiger charge is -2.32. The Morgan fingerprint density at radius 2 is 1.50 bits per heavy atom. The molecule has 2 aromatic rings. The first kappa shape index (κ1) is 16.5. The van der Waals surface area contributed by atoms with Crippen molar-refractivity contribution in [3.05, 3.63) is 83.9 Å². The second kappa shape index (κ2) is 8.52. The second-order valence-corrected chi connectivity index (χ2v) is 5.73. The van der Waals surface area contributed by atoms with Crippen molar-refractivity contribution in [3.8, 4) is 0 Å². The van der Waals surface area contributed by atoms with Gasteiger partial charge in [0.25, 0.3) is 0 Å². The molecule has 0 unspecified atom stereocenters.